The Morgan fingerprint density at radius 2 is 1.54 bits per heavy atom. The highest BCUT2D eigenvalue weighted by atomic mass is 13.9. The van der Waals surface area contributed by atoms with Gasteiger partial charge in [0.25, 0.3) is 0 Å². The summed E-state index contributed by atoms with van der Waals surface area (Å²) in [6.45, 7) is 7.52. The lowest BCUT2D eigenvalue weighted by Crippen LogP contribution is -1.74. The molecule has 0 atom stereocenters. The standard InChI is InChI=1S/C13H23/c1-3-5-7-9-11-13-12-10-8-6-4-2/h1,3,11,13H,4-10,12H2,2H3. The summed E-state index contributed by atoms with van der Waals surface area (Å²) in [5.41, 5.74) is 0. The van der Waals surface area contributed by atoms with Gasteiger partial charge >= 0.3 is 0 Å². The van der Waals surface area contributed by atoms with Crippen LogP contribution < -0.4 is 0 Å². The zero-order chi connectivity index (χ0) is 9.78. The average Bonchev–Trinajstić information content (AvgIpc) is 2.16. The third-order valence-electron chi connectivity index (χ3n) is 2.13. The van der Waals surface area contributed by atoms with Crippen LogP contribution in [0.2, 0.25) is 0 Å². The summed E-state index contributed by atoms with van der Waals surface area (Å²) in [5, 5.41) is 0. The van der Waals surface area contributed by atoms with Gasteiger partial charge in [-0.1, -0.05) is 51.0 Å². The van der Waals surface area contributed by atoms with Gasteiger partial charge in [-0.25, -0.2) is 0 Å². The molecule has 0 aromatic heterocycles. The molecule has 0 heterocycles. The molecule has 0 amide bonds. The molecule has 0 aromatic rings. The zero-order valence-electron chi connectivity index (χ0n) is 8.97. The first-order valence-electron chi connectivity index (χ1n) is 5.60. The molecule has 0 saturated heterocycles. The van der Waals surface area contributed by atoms with Gasteiger partial charge in [-0.3, -0.25) is 0 Å². The number of allylic oxidation sites excluding steroid dienone is 3. The van der Waals surface area contributed by atoms with Gasteiger partial charge in [-0.15, -0.1) is 0 Å². The van der Waals surface area contributed by atoms with Crippen molar-refractivity contribution in [2.24, 2.45) is 0 Å². The molecule has 75 valence electrons. The van der Waals surface area contributed by atoms with Crippen LogP contribution in [0, 0.1) is 6.58 Å². The molecule has 0 fully saturated rings. The van der Waals surface area contributed by atoms with Crippen LogP contribution in [0.5, 0.6) is 0 Å². The molecule has 0 spiro atoms. The van der Waals surface area contributed by atoms with E-state index in [9.17, 15) is 0 Å². The summed E-state index contributed by atoms with van der Waals surface area (Å²) < 4.78 is 0. The fraction of sp³-hybridized carbons (Fsp3) is 0.692. The van der Waals surface area contributed by atoms with Gasteiger partial charge in [0.15, 0.2) is 0 Å². The molecule has 0 nitrogen and oxygen atoms in total. The van der Waals surface area contributed by atoms with Gasteiger partial charge < -0.3 is 0 Å². The van der Waals surface area contributed by atoms with E-state index in [0.717, 1.165) is 6.42 Å². The fourth-order valence-electron chi connectivity index (χ4n) is 1.28. The molecule has 0 aliphatic heterocycles. The van der Waals surface area contributed by atoms with Crippen molar-refractivity contribution >= 4 is 0 Å². The first kappa shape index (κ1) is 12.5. The summed E-state index contributed by atoms with van der Waals surface area (Å²) >= 11 is 0. The van der Waals surface area contributed by atoms with E-state index in [0.29, 0.717) is 0 Å². The van der Waals surface area contributed by atoms with Crippen LogP contribution in [0.3, 0.4) is 0 Å². The maximum Gasteiger partial charge on any atom is -0.0345 e. The predicted molar refractivity (Wildman–Crippen MR) is 60.6 cm³/mol. The van der Waals surface area contributed by atoms with Gasteiger partial charge in [0, 0.05) is 0 Å². The van der Waals surface area contributed by atoms with Crippen molar-refractivity contribution in [1.29, 1.82) is 0 Å². The highest BCUT2D eigenvalue weighted by Gasteiger charge is 1.84. The lowest BCUT2D eigenvalue weighted by Gasteiger charge is -1.94. The lowest BCUT2D eigenvalue weighted by atomic mass is 10.1. The van der Waals surface area contributed by atoms with E-state index in [2.05, 4.69) is 19.1 Å². The summed E-state index contributed by atoms with van der Waals surface area (Å²) in [6, 6.07) is 0. The van der Waals surface area contributed by atoms with E-state index < -0.39 is 0 Å². The normalized spacial score (nSPS) is 10.8. The maximum atomic E-state index is 5.28. The lowest BCUT2D eigenvalue weighted by molar-refractivity contribution is 0.673. The van der Waals surface area contributed by atoms with E-state index in [1.165, 1.54) is 44.9 Å². The second-order valence-corrected chi connectivity index (χ2v) is 3.49. The van der Waals surface area contributed by atoms with Crippen LogP contribution in [0.1, 0.15) is 58.3 Å². The monoisotopic (exact) mass is 179 g/mol. The highest BCUT2D eigenvalue weighted by molar-refractivity contribution is 4.82. The first-order valence-corrected chi connectivity index (χ1v) is 5.60. The minimum atomic E-state index is 1.04. The molecule has 0 aliphatic rings. The van der Waals surface area contributed by atoms with Gasteiger partial charge in [0.05, 0.1) is 0 Å². The molecular weight excluding hydrogens is 156 g/mol. The number of hydrogen-bond donors (Lipinski definition) is 0. The van der Waals surface area contributed by atoms with E-state index >= 15 is 0 Å². The molecule has 0 rings (SSSR count). The molecule has 0 aliphatic carbocycles. The van der Waals surface area contributed by atoms with Crippen molar-refractivity contribution < 1.29 is 0 Å². The van der Waals surface area contributed by atoms with Crippen molar-refractivity contribution in [2.45, 2.75) is 58.3 Å². The SMILES string of the molecule is [CH]=CCCCC=CCCCCCC. The number of unbranched alkanes of at least 4 members (excludes halogenated alkanes) is 6. The van der Waals surface area contributed by atoms with Gasteiger partial charge in [0.1, 0.15) is 0 Å². The summed E-state index contributed by atoms with van der Waals surface area (Å²) in [7, 11) is 0. The van der Waals surface area contributed by atoms with E-state index in [4.69, 9.17) is 6.58 Å². The van der Waals surface area contributed by atoms with Crippen molar-refractivity contribution in [3.8, 4) is 0 Å². The maximum absolute atomic E-state index is 5.28. The second-order valence-electron chi connectivity index (χ2n) is 3.49. The third kappa shape index (κ3) is 11.5. The molecule has 0 saturated carbocycles. The zero-order valence-corrected chi connectivity index (χ0v) is 8.97. The van der Waals surface area contributed by atoms with Gasteiger partial charge in [0.2, 0.25) is 0 Å². The van der Waals surface area contributed by atoms with Crippen LogP contribution in [0.4, 0.5) is 0 Å². The molecule has 0 aromatic carbocycles. The van der Waals surface area contributed by atoms with Crippen LogP contribution in [0.15, 0.2) is 18.2 Å². The largest absolute Gasteiger partial charge is 0.0885 e. The van der Waals surface area contributed by atoms with Crippen molar-refractivity contribution in [1.82, 2.24) is 0 Å². The Kier molecular flexibility index (Phi) is 11.0. The Morgan fingerprint density at radius 3 is 2.15 bits per heavy atom. The van der Waals surface area contributed by atoms with Crippen LogP contribution in [0.25, 0.3) is 0 Å². The highest BCUT2D eigenvalue weighted by Crippen LogP contribution is 2.04. The number of rotatable bonds is 9. The van der Waals surface area contributed by atoms with E-state index in [1.54, 1.807) is 6.08 Å². The summed E-state index contributed by atoms with van der Waals surface area (Å²) in [4.78, 5) is 0. The van der Waals surface area contributed by atoms with Gasteiger partial charge in [-0.05, 0) is 32.1 Å². The quantitative estimate of drug-likeness (QED) is 0.356. The smallest absolute Gasteiger partial charge is 0.0345 e. The number of hydrogen-bond acceptors (Lipinski definition) is 0. The van der Waals surface area contributed by atoms with E-state index in [1.807, 2.05) is 0 Å². The van der Waals surface area contributed by atoms with Crippen LogP contribution >= 0.6 is 0 Å². The average molecular weight is 179 g/mol. The Bertz CT molecular complexity index is 122. The molecule has 0 N–H and O–H groups in total. The molecule has 13 heavy (non-hydrogen) atoms. The molecule has 0 heteroatoms. The van der Waals surface area contributed by atoms with Crippen LogP contribution in [-0.2, 0) is 0 Å². The van der Waals surface area contributed by atoms with Crippen LogP contribution in [-0.4, -0.2) is 0 Å². The minimum absolute atomic E-state index is 1.04. The predicted octanol–water partition coefficient (Wildman–Crippen LogP) is 4.67. The molecule has 0 unspecified atom stereocenters. The Morgan fingerprint density at radius 1 is 0.846 bits per heavy atom. The van der Waals surface area contributed by atoms with Crippen molar-refractivity contribution in [3.05, 3.63) is 24.8 Å². The first-order chi connectivity index (χ1) is 6.41. The van der Waals surface area contributed by atoms with E-state index in [-0.39, 0.29) is 0 Å². The second kappa shape index (κ2) is 11.5. The molecule has 1 radical (unpaired) electrons. The summed E-state index contributed by atoms with van der Waals surface area (Å²) in [5.74, 6) is 0. The summed E-state index contributed by atoms with van der Waals surface area (Å²) in [6.07, 6.45) is 16.5. The Labute approximate surface area is 83.7 Å². The fourth-order valence-corrected chi connectivity index (χ4v) is 1.28. The topological polar surface area (TPSA) is 0 Å². The van der Waals surface area contributed by atoms with Crippen molar-refractivity contribution in [3.63, 3.8) is 0 Å². The van der Waals surface area contributed by atoms with Crippen molar-refractivity contribution in [2.75, 3.05) is 0 Å². The van der Waals surface area contributed by atoms with Gasteiger partial charge in [-0.2, -0.15) is 0 Å². The molecule has 0 bridgehead atoms. The minimum Gasteiger partial charge on any atom is -0.0885 e. The Hall–Kier alpha value is -0.520. The Balaban J connectivity index is 2.98. The third-order valence-corrected chi connectivity index (χ3v) is 2.13. The molecular formula is C13H23.